The molecule has 2 aromatic carbocycles. The van der Waals surface area contributed by atoms with Crippen molar-refractivity contribution in [3.63, 3.8) is 0 Å². The number of unbranched alkanes of at least 4 members (excludes halogenated alkanes) is 2. The summed E-state index contributed by atoms with van der Waals surface area (Å²) in [4.78, 5) is 32.0. The Hall–Kier alpha value is -2.66. The summed E-state index contributed by atoms with van der Waals surface area (Å²) in [6, 6.07) is 19.5. The van der Waals surface area contributed by atoms with E-state index < -0.39 is 11.5 Å². The van der Waals surface area contributed by atoms with Crippen LogP contribution in [0.1, 0.15) is 70.9 Å². The van der Waals surface area contributed by atoms with E-state index in [0.29, 0.717) is 13.0 Å². The van der Waals surface area contributed by atoms with E-state index >= 15 is 0 Å². The van der Waals surface area contributed by atoms with E-state index in [1.807, 2.05) is 81.4 Å². The zero-order chi connectivity index (χ0) is 23.4. The summed E-state index contributed by atoms with van der Waals surface area (Å²) in [5.41, 5.74) is 1.36. The Labute approximate surface area is 192 Å². The smallest absolute Gasteiger partial charge is 0.309 e. The van der Waals surface area contributed by atoms with Gasteiger partial charge in [0, 0.05) is 6.42 Å². The zero-order valence-corrected chi connectivity index (χ0v) is 19.9. The van der Waals surface area contributed by atoms with Crippen LogP contribution in [0.15, 0.2) is 60.7 Å². The molecule has 1 amide bonds. The minimum atomic E-state index is -0.587. The van der Waals surface area contributed by atoms with Crippen LogP contribution in [0, 0.1) is 5.92 Å². The summed E-state index contributed by atoms with van der Waals surface area (Å²) < 4.78 is 5.61. The Balaban J connectivity index is 2.12. The first-order valence-electron chi connectivity index (χ1n) is 11.5. The second-order valence-electron chi connectivity index (χ2n) is 9.11. The number of hydrogen-bond donors (Lipinski definition) is 0. The van der Waals surface area contributed by atoms with Gasteiger partial charge in [-0.05, 0) is 38.3 Å². The van der Waals surface area contributed by atoms with Gasteiger partial charge in [0.25, 0.3) is 0 Å². The molecule has 0 fully saturated rings. The van der Waals surface area contributed by atoms with Crippen LogP contribution in [0.2, 0.25) is 0 Å². The molecule has 174 valence electrons. The zero-order valence-electron chi connectivity index (χ0n) is 19.9. The molecular weight excluding hydrogens is 402 g/mol. The van der Waals surface area contributed by atoms with Gasteiger partial charge < -0.3 is 4.74 Å². The van der Waals surface area contributed by atoms with Crippen LogP contribution in [0.5, 0.6) is 0 Å². The normalized spacial score (nSPS) is 12.2. The molecule has 0 bridgehead atoms. The molecule has 0 saturated heterocycles. The molecule has 2 aromatic rings. The third kappa shape index (κ3) is 9.65. The van der Waals surface area contributed by atoms with Crippen molar-refractivity contribution in [2.75, 3.05) is 0 Å². The Morgan fingerprint density at radius 2 is 1.50 bits per heavy atom. The number of benzene rings is 2. The predicted molar refractivity (Wildman–Crippen MR) is 126 cm³/mol. The molecule has 0 heterocycles. The van der Waals surface area contributed by atoms with Crippen molar-refractivity contribution >= 4 is 11.9 Å². The number of nitrogens with zero attached hydrogens (tertiary/aromatic N) is 1. The topological polar surface area (TPSA) is 55.8 Å². The van der Waals surface area contributed by atoms with Crippen LogP contribution in [0.3, 0.4) is 0 Å². The monoisotopic (exact) mass is 439 g/mol. The molecule has 0 aromatic heterocycles. The number of hydrogen-bond acceptors (Lipinski definition) is 4. The van der Waals surface area contributed by atoms with Crippen molar-refractivity contribution in [2.24, 2.45) is 5.92 Å². The molecule has 0 aliphatic heterocycles. The molecular formula is C27H37NO4. The first-order chi connectivity index (χ1) is 15.3. The summed E-state index contributed by atoms with van der Waals surface area (Å²) in [5.74, 6) is -1.01. The molecule has 5 heteroatoms. The van der Waals surface area contributed by atoms with Crippen molar-refractivity contribution in [2.45, 2.75) is 78.6 Å². The fraction of sp³-hybridized carbons (Fsp3) is 0.481. The lowest BCUT2D eigenvalue weighted by atomic mass is 9.97. The van der Waals surface area contributed by atoms with Gasteiger partial charge in [-0.15, -0.1) is 0 Å². The summed E-state index contributed by atoms with van der Waals surface area (Å²) in [6.07, 6.45) is 3.66. The summed E-state index contributed by atoms with van der Waals surface area (Å²) >= 11 is 0. The third-order valence-corrected chi connectivity index (χ3v) is 4.99. The highest BCUT2D eigenvalue weighted by molar-refractivity contribution is 5.82. The molecule has 0 N–H and O–H groups in total. The van der Waals surface area contributed by atoms with E-state index in [0.717, 1.165) is 30.4 Å². The van der Waals surface area contributed by atoms with Gasteiger partial charge in [0.2, 0.25) is 5.91 Å². The van der Waals surface area contributed by atoms with Crippen molar-refractivity contribution < 1.29 is 19.2 Å². The molecule has 0 radical (unpaired) electrons. The maximum absolute atomic E-state index is 13.3. The van der Waals surface area contributed by atoms with Gasteiger partial charge in [-0.25, -0.2) is 5.06 Å². The van der Waals surface area contributed by atoms with Crippen LogP contribution in [0.4, 0.5) is 0 Å². The maximum Gasteiger partial charge on any atom is 0.309 e. The largest absolute Gasteiger partial charge is 0.460 e. The fourth-order valence-electron chi connectivity index (χ4n) is 3.32. The number of carbonyl (C=O) groups is 2. The standard InChI is InChI=1S/C27H37NO4/c1-5-6-9-18-24(26(30)32-27(2,3)4)19-25(29)28(20-22-14-10-7-11-15-22)31-21-23-16-12-8-13-17-23/h7-8,10-17,24H,5-6,9,18-21H2,1-4H3/t24-/m0/s1. The van der Waals surface area contributed by atoms with Gasteiger partial charge in [0.15, 0.2) is 0 Å². The average Bonchev–Trinajstić information content (AvgIpc) is 2.76. The average molecular weight is 440 g/mol. The highest BCUT2D eigenvalue weighted by atomic mass is 16.7. The highest BCUT2D eigenvalue weighted by Crippen LogP contribution is 2.22. The number of esters is 1. The Morgan fingerprint density at radius 3 is 2.06 bits per heavy atom. The second kappa shape index (κ2) is 13.0. The van der Waals surface area contributed by atoms with Crippen molar-refractivity contribution in [3.8, 4) is 0 Å². The molecule has 2 rings (SSSR count). The summed E-state index contributed by atoms with van der Waals surface area (Å²) in [7, 11) is 0. The van der Waals surface area contributed by atoms with Gasteiger partial charge in [0.1, 0.15) is 12.2 Å². The fourth-order valence-corrected chi connectivity index (χ4v) is 3.32. The number of carbonyl (C=O) groups excluding carboxylic acids is 2. The summed E-state index contributed by atoms with van der Waals surface area (Å²) in [5, 5.41) is 1.39. The predicted octanol–water partition coefficient (Wildman–Crippen LogP) is 6.08. The minimum absolute atomic E-state index is 0.0697. The van der Waals surface area contributed by atoms with E-state index in [2.05, 4.69) is 6.92 Å². The molecule has 5 nitrogen and oxygen atoms in total. The number of rotatable bonds is 12. The molecule has 32 heavy (non-hydrogen) atoms. The highest BCUT2D eigenvalue weighted by Gasteiger charge is 2.29. The summed E-state index contributed by atoms with van der Waals surface area (Å²) in [6.45, 7) is 8.27. The van der Waals surface area contributed by atoms with E-state index in [-0.39, 0.29) is 24.9 Å². The van der Waals surface area contributed by atoms with E-state index in [4.69, 9.17) is 9.57 Å². The van der Waals surface area contributed by atoms with E-state index in [1.54, 1.807) is 0 Å². The van der Waals surface area contributed by atoms with Gasteiger partial charge in [-0.1, -0.05) is 86.8 Å². The van der Waals surface area contributed by atoms with E-state index in [1.165, 1.54) is 5.06 Å². The Kier molecular flexibility index (Phi) is 10.4. The van der Waals surface area contributed by atoms with E-state index in [9.17, 15) is 9.59 Å². The Morgan fingerprint density at radius 1 is 0.906 bits per heavy atom. The van der Waals surface area contributed by atoms with Gasteiger partial charge >= 0.3 is 5.97 Å². The van der Waals surface area contributed by atoms with Crippen LogP contribution < -0.4 is 0 Å². The van der Waals surface area contributed by atoms with Gasteiger partial charge in [0.05, 0.1) is 12.5 Å². The third-order valence-electron chi connectivity index (χ3n) is 4.99. The van der Waals surface area contributed by atoms with Gasteiger partial charge in [-0.2, -0.15) is 0 Å². The maximum atomic E-state index is 13.3. The quantitative estimate of drug-likeness (QED) is 0.229. The molecule has 0 unspecified atom stereocenters. The second-order valence-corrected chi connectivity index (χ2v) is 9.11. The van der Waals surface area contributed by atoms with Crippen LogP contribution in [0.25, 0.3) is 0 Å². The van der Waals surface area contributed by atoms with Crippen molar-refractivity contribution in [1.29, 1.82) is 0 Å². The SMILES string of the molecule is CCCCC[C@@H](CC(=O)N(Cc1ccccc1)OCc1ccccc1)C(=O)OC(C)(C)C. The molecule has 0 aliphatic rings. The lowest BCUT2D eigenvalue weighted by Crippen LogP contribution is -2.35. The number of ether oxygens (including phenoxy) is 1. The Bertz CT molecular complexity index is 815. The van der Waals surface area contributed by atoms with Crippen LogP contribution in [-0.2, 0) is 32.3 Å². The number of hydroxylamine groups is 2. The van der Waals surface area contributed by atoms with Crippen LogP contribution in [-0.4, -0.2) is 22.5 Å². The number of amides is 1. The molecule has 0 spiro atoms. The van der Waals surface area contributed by atoms with Gasteiger partial charge in [-0.3, -0.25) is 14.4 Å². The molecule has 1 atom stereocenters. The first kappa shape index (κ1) is 25.6. The lowest BCUT2D eigenvalue weighted by Gasteiger charge is -2.26. The lowest BCUT2D eigenvalue weighted by molar-refractivity contribution is -0.198. The van der Waals surface area contributed by atoms with Crippen molar-refractivity contribution in [3.05, 3.63) is 71.8 Å². The first-order valence-corrected chi connectivity index (χ1v) is 11.5. The molecule has 0 saturated carbocycles. The van der Waals surface area contributed by atoms with Crippen LogP contribution >= 0.6 is 0 Å². The van der Waals surface area contributed by atoms with Crippen molar-refractivity contribution in [1.82, 2.24) is 5.06 Å². The minimum Gasteiger partial charge on any atom is -0.460 e. The molecule has 0 aliphatic carbocycles.